The third-order valence-electron chi connectivity index (χ3n) is 5.95. The summed E-state index contributed by atoms with van der Waals surface area (Å²) >= 11 is 0. The summed E-state index contributed by atoms with van der Waals surface area (Å²) in [6.45, 7) is 10.5. The van der Waals surface area contributed by atoms with Gasteiger partial charge in [-0.15, -0.1) is 0 Å². The number of benzene rings is 1. The van der Waals surface area contributed by atoms with Gasteiger partial charge in [-0.2, -0.15) is 0 Å². The van der Waals surface area contributed by atoms with Crippen LogP contribution in [0, 0.1) is 25.2 Å². The zero-order valence-corrected chi connectivity index (χ0v) is 21.7. The number of hydrogen-bond acceptors (Lipinski definition) is 5. The number of carbonyl (C=O) groups is 2. The molecule has 1 aromatic rings. The van der Waals surface area contributed by atoms with Crippen LogP contribution in [0.5, 0.6) is 0 Å². The minimum absolute atomic E-state index is 0.0136. The van der Waals surface area contributed by atoms with Crippen LogP contribution in [0.1, 0.15) is 44.2 Å². The molecule has 1 aromatic carbocycles. The second-order valence-electron chi connectivity index (χ2n) is 10.2. The predicted octanol–water partition coefficient (Wildman–Crippen LogP) is 1.91. The van der Waals surface area contributed by atoms with Crippen LogP contribution in [0.25, 0.3) is 0 Å². The van der Waals surface area contributed by atoms with Crippen molar-refractivity contribution in [3.8, 4) is 0 Å². The van der Waals surface area contributed by atoms with E-state index in [1.54, 1.807) is 24.0 Å². The lowest BCUT2D eigenvalue weighted by Gasteiger charge is -2.33. The van der Waals surface area contributed by atoms with Gasteiger partial charge in [-0.25, -0.2) is 13.1 Å². The number of aryl methyl sites for hydroxylation is 2. The van der Waals surface area contributed by atoms with E-state index in [0.717, 1.165) is 12.1 Å². The molecule has 0 spiro atoms. The minimum atomic E-state index is -3.66. The van der Waals surface area contributed by atoms with Crippen molar-refractivity contribution >= 4 is 21.8 Å². The van der Waals surface area contributed by atoms with Gasteiger partial charge in [0.15, 0.2) is 0 Å². The maximum atomic E-state index is 12.6. The maximum Gasteiger partial charge on any atom is 0.240 e. The summed E-state index contributed by atoms with van der Waals surface area (Å²) in [4.78, 5) is 29.2. The second kappa shape index (κ2) is 11.4. The van der Waals surface area contributed by atoms with Crippen LogP contribution in [0.15, 0.2) is 23.1 Å². The molecule has 1 fully saturated rings. The van der Waals surface area contributed by atoms with Crippen molar-refractivity contribution in [2.75, 3.05) is 46.8 Å². The molecule has 1 saturated heterocycles. The first-order chi connectivity index (χ1) is 15.3. The van der Waals surface area contributed by atoms with E-state index in [1.165, 1.54) is 0 Å². The van der Waals surface area contributed by atoms with Gasteiger partial charge < -0.3 is 15.1 Å². The number of rotatable bonds is 10. The third kappa shape index (κ3) is 8.39. The highest BCUT2D eigenvalue weighted by Gasteiger charge is 2.29. The van der Waals surface area contributed by atoms with Crippen LogP contribution in [0.4, 0.5) is 0 Å². The van der Waals surface area contributed by atoms with Crippen LogP contribution in [-0.2, 0) is 19.6 Å². The van der Waals surface area contributed by atoms with Gasteiger partial charge in [0.05, 0.1) is 4.90 Å². The average molecular weight is 481 g/mol. The summed E-state index contributed by atoms with van der Waals surface area (Å²) in [6, 6.07) is 5.17. The van der Waals surface area contributed by atoms with E-state index in [4.69, 9.17) is 0 Å². The first-order valence-corrected chi connectivity index (χ1v) is 13.1. The molecule has 0 saturated carbocycles. The number of piperidine rings is 1. The average Bonchev–Trinajstić information content (AvgIpc) is 2.70. The molecule has 2 N–H and O–H groups in total. The predicted molar refractivity (Wildman–Crippen MR) is 130 cm³/mol. The molecule has 0 atom stereocenters. The lowest BCUT2D eigenvalue weighted by Crippen LogP contribution is -2.46. The molecule has 186 valence electrons. The fraction of sp³-hybridized carbons (Fsp3) is 0.667. The van der Waals surface area contributed by atoms with E-state index in [-0.39, 0.29) is 41.0 Å². The Morgan fingerprint density at radius 2 is 1.79 bits per heavy atom. The summed E-state index contributed by atoms with van der Waals surface area (Å²) in [5.74, 6) is -0.133. The Bertz CT molecular complexity index is 936. The van der Waals surface area contributed by atoms with Gasteiger partial charge in [0.1, 0.15) is 0 Å². The molecule has 0 radical (unpaired) electrons. The number of hydrogen-bond donors (Lipinski definition) is 2. The fourth-order valence-electron chi connectivity index (χ4n) is 4.40. The van der Waals surface area contributed by atoms with Crippen LogP contribution in [-0.4, -0.2) is 76.9 Å². The Morgan fingerprint density at radius 1 is 1.15 bits per heavy atom. The number of nitrogens with one attached hydrogen (secondary N) is 2. The van der Waals surface area contributed by atoms with Gasteiger partial charge in [0, 0.05) is 45.1 Å². The second-order valence-corrected chi connectivity index (χ2v) is 11.9. The molecule has 0 bridgehead atoms. The van der Waals surface area contributed by atoms with Gasteiger partial charge in [-0.3, -0.25) is 9.59 Å². The molecule has 1 heterocycles. The van der Waals surface area contributed by atoms with E-state index >= 15 is 0 Å². The number of carbonyl (C=O) groups excluding carboxylic acids is 2. The summed E-state index contributed by atoms with van der Waals surface area (Å²) in [5.41, 5.74) is 1.66. The number of amides is 2. The molecular formula is C24H40N4O4S. The van der Waals surface area contributed by atoms with Crippen molar-refractivity contribution in [3.05, 3.63) is 29.3 Å². The van der Waals surface area contributed by atoms with Gasteiger partial charge in [0.25, 0.3) is 0 Å². The summed E-state index contributed by atoms with van der Waals surface area (Å²) in [6.07, 6.45) is 1.35. The Hall–Kier alpha value is -1.97. The molecule has 2 amide bonds. The Kier molecular flexibility index (Phi) is 9.46. The molecule has 0 aliphatic carbocycles. The normalized spacial score (nSPS) is 15.7. The standard InChI is InChI=1S/C24H40N4O4S/c1-18-7-8-21(19(2)15-18)33(31,32)26-12-9-22(29)28-13-10-20(11-14-28)23(30)25-16-24(3,4)17-27(5)6/h7-8,15,20,26H,9-14,16-17H2,1-6H3,(H,25,30). The van der Waals surface area contributed by atoms with Crippen molar-refractivity contribution in [2.24, 2.45) is 11.3 Å². The Balaban J connectivity index is 1.76. The van der Waals surface area contributed by atoms with Crippen molar-refractivity contribution < 1.29 is 18.0 Å². The molecule has 0 aromatic heterocycles. The Labute approximate surface area is 199 Å². The highest BCUT2D eigenvalue weighted by molar-refractivity contribution is 7.89. The van der Waals surface area contributed by atoms with E-state index in [1.807, 2.05) is 27.1 Å². The van der Waals surface area contributed by atoms with Gasteiger partial charge in [-0.1, -0.05) is 31.5 Å². The van der Waals surface area contributed by atoms with E-state index in [9.17, 15) is 18.0 Å². The van der Waals surface area contributed by atoms with Crippen LogP contribution >= 0.6 is 0 Å². The van der Waals surface area contributed by atoms with Crippen LogP contribution in [0.2, 0.25) is 0 Å². The monoisotopic (exact) mass is 480 g/mol. The van der Waals surface area contributed by atoms with Crippen molar-refractivity contribution in [1.82, 2.24) is 19.8 Å². The number of likely N-dealkylation sites (tertiary alicyclic amines) is 1. The summed E-state index contributed by atoms with van der Waals surface area (Å²) in [7, 11) is 0.380. The SMILES string of the molecule is Cc1ccc(S(=O)(=O)NCCC(=O)N2CCC(C(=O)NCC(C)(C)CN(C)C)CC2)c(C)c1. The number of nitrogens with zero attached hydrogens (tertiary/aromatic N) is 2. The highest BCUT2D eigenvalue weighted by atomic mass is 32.2. The highest BCUT2D eigenvalue weighted by Crippen LogP contribution is 2.20. The molecule has 1 aliphatic heterocycles. The van der Waals surface area contributed by atoms with Crippen LogP contribution < -0.4 is 10.0 Å². The molecule has 9 heteroatoms. The number of sulfonamides is 1. The molecule has 1 aliphatic rings. The lowest BCUT2D eigenvalue weighted by molar-refractivity contribution is -0.135. The molecule has 8 nitrogen and oxygen atoms in total. The van der Waals surface area contributed by atoms with Gasteiger partial charge in [-0.05, 0) is 57.8 Å². The quantitative estimate of drug-likeness (QED) is 0.533. The zero-order valence-electron chi connectivity index (χ0n) is 20.9. The summed E-state index contributed by atoms with van der Waals surface area (Å²) in [5, 5.41) is 3.07. The van der Waals surface area contributed by atoms with E-state index in [2.05, 4.69) is 28.8 Å². The minimum Gasteiger partial charge on any atom is -0.355 e. The van der Waals surface area contributed by atoms with Gasteiger partial charge in [0.2, 0.25) is 21.8 Å². The first kappa shape index (κ1) is 27.3. The van der Waals surface area contributed by atoms with E-state index < -0.39 is 10.0 Å². The van der Waals surface area contributed by atoms with Crippen molar-refractivity contribution in [3.63, 3.8) is 0 Å². The smallest absolute Gasteiger partial charge is 0.240 e. The van der Waals surface area contributed by atoms with Gasteiger partial charge >= 0.3 is 0 Å². The zero-order chi connectivity index (χ0) is 24.8. The topological polar surface area (TPSA) is 98.8 Å². The molecule has 33 heavy (non-hydrogen) atoms. The Morgan fingerprint density at radius 3 is 2.36 bits per heavy atom. The van der Waals surface area contributed by atoms with Crippen molar-refractivity contribution in [1.29, 1.82) is 0 Å². The van der Waals surface area contributed by atoms with Crippen molar-refractivity contribution in [2.45, 2.75) is 51.9 Å². The maximum absolute atomic E-state index is 12.6. The van der Waals surface area contributed by atoms with E-state index in [0.29, 0.717) is 38.0 Å². The fourth-order valence-corrected chi connectivity index (χ4v) is 5.66. The lowest BCUT2D eigenvalue weighted by atomic mass is 9.91. The first-order valence-electron chi connectivity index (χ1n) is 11.6. The molecule has 0 unspecified atom stereocenters. The summed E-state index contributed by atoms with van der Waals surface area (Å²) < 4.78 is 27.6. The largest absolute Gasteiger partial charge is 0.355 e. The van der Waals surface area contributed by atoms with Crippen LogP contribution in [0.3, 0.4) is 0 Å². The molecule has 2 rings (SSSR count). The third-order valence-corrected chi connectivity index (χ3v) is 7.58. The molecular weight excluding hydrogens is 440 g/mol.